The second-order valence-corrected chi connectivity index (χ2v) is 9.30. The summed E-state index contributed by atoms with van der Waals surface area (Å²) in [4.78, 5) is 14.2. The van der Waals surface area contributed by atoms with Crippen LogP contribution in [0.3, 0.4) is 0 Å². The first-order chi connectivity index (χ1) is 16.7. The predicted octanol–water partition coefficient (Wildman–Crippen LogP) is 4.51. The van der Waals surface area contributed by atoms with Crippen molar-refractivity contribution < 1.29 is 36.6 Å². The lowest BCUT2D eigenvalue weighted by Gasteiger charge is -2.29. The predicted molar refractivity (Wildman–Crippen MR) is 127 cm³/mol. The van der Waals surface area contributed by atoms with Gasteiger partial charge in [0.05, 0.1) is 39.0 Å². The van der Waals surface area contributed by atoms with Gasteiger partial charge in [-0.2, -0.15) is 0 Å². The molecule has 1 aliphatic rings. The number of methoxy groups -OCH3 is 4. The second-order valence-electron chi connectivity index (χ2n) is 7.42. The summed E-state index contributed by atoms with van der Waals surface area (Å²) in [6.45, 7) is 0. The highest BCUT2D eigenvalue weighted by Crippen LogP contribution is 2.43. The topological polar surface area (TPSA) is 91.4 Å². The van der Waals surface area contributed by atoms with Gasteiger partial charge in [0.25, 0.3) is 0 Å². The molecule has 0 amide bonds. The minimum atomic E-state index is -4.28. The van der Waals surface area contributed by atoms with Gasteiger partial charge in [-0.25, -0.2) is 12.8 Å². The molecular formula is C25H22FNO7S. The average Bonchev–Trinajstić information content (AvgIpc) is 2.87. The molecule has 0 fully saturated rings. The molecular weight excluding hydrogens is 477 g/mol. The van der Waals surface area contributed by atoms with Crippen LogP contribution < -0.4 is 23.8 Å². The number of halogens is 1. The summed E-state index contributed by atoms with van der Waals surface area (Å²) in [5, 5.41) is 0. The summed E-state index contributed by atoms with van der Waals surface area (Å²) in [6.07, 6.45) is 1.18. The van der Waals surface area contributed by atoms with Crippen molar-refractivity contribution in [3.63, 3.8) is 0 Å². The summed E-state index contributed by atoms with van der Waals surface area (Å²) in [7, 11) is 1.52. The fraction of sp³-hybridized carbons (Fsp3) is 0.160. The van der Waals surface area contributed by atoms with E-state index in [1.54, 1.807) is 18.2 Å². The van der Waals surface area contributed by atoms with E-state index in [1.165, 1.54) is 57.7 Å². The zero-order chi connectivity index (χ0) is 25.3. The molecule has 3 aromatic rings. The molecule has 0 aliphatic carbocycles. The lowest BCUT2D eigenvalue weighted by atomic mass is 10.1. The maximum atomic E-state index is 14.2. The molecule has 0 aromatic heterocycles. The van der Waals surface area contributed by atoms with Gasteiger partial charge in [-0.05, 0) is 48.5 Å². The molecule has 1 aliphatic heterocycles. The summed E-state index contributed by atoms with van der Waals surface area (Å²) >= 11 is 0. The molecule has 182 valence electrons. The molecule has 0 saturated carbocycles. The van der Waals surface area contributed by atoms with Gasteiger partial charge < -0.3 is 23.8 Å². The largest absolute Gasteiger partial charge is 0.493 e. The summed E-state index contributed by atoms with van der Waals surface area (Å²) in [5.41, 5.74) is 0.568. The van der Waals surface area contributed by atoms with E-state index in [-0.39, 0.29) is 21.9 Å². The van der Waals surface area contributed by atoms with Gasteiger partial charge in [-0.15, -0.1) is 0 Å². The summed E-state index contributed by atoms with van der Waals surface area (Å²) < 4.78 is 62.2. The molecule has 3 aromatic carbocycles. The van der Waals surface area contributed by atoms with E-state index in [2.05, 4.69) is 0 Å². The van der Waals surface area contributed by atoms with Gasteiger partial charge in [0, 0.05) is 23.5 Å². The van der Waals surface area contributed by atoms with Crippen LogP contribution in [0.1, 0.15) is 10.4 Å². The van der Waals surface area contributed by atoms with E-state index in [9.17, 15) is 17.6 Å². The number of Topliss-reactive ketones (excluding diaryl/α,β-unsaturated/α-hetero) is 1. The Morgan fingerprint density at radius 3 is 2.00 bits per heavy atom. The van der Waals surface area contributed by atoms with Crippen LogP contribution in [0.25, 0.3) is 0 Å². The van der Waals surface area contributed by atoms with Gasteiger partial charge >= 0.3 is 0 Å². The van der Waals surface area contributed by atoms with Crippen molar-refractivity contribution in [2.24, 2.45) is 0 Å². The molecule has 0 atom stereocenters. The van der Waals surface area contributed by atoms with Crippen molar-refractivity contribution in [2.45, 2.75) is 4.90 Å². The Bertz CT molecular complexity index is 1450. The third-order valence-corrected chi connectivity index (χ3v) is 7.31. The van der Waals surface area contributed by atoms with Crippen LogP contribution in [-0.2, 0) is 9.84 Å². The van der Waals surface area contributed by atoms with E-state index < -0.39 is 26.3 Å². The van der Waals surface area contributed by atoms with Crippen LogP contribution in [0.15, 0.2) is 70.6 Å². The first-order valence-corrected chi connectivity index (χ1v) is 11.8. The van der Waals surface area contributed by atoms with Crippen molar-refractivity contribution >= 4 is 27.0 Å². The molecule has 0 N–H and O–H groups in total. The number of carbonyl (C=O) groups is 1. The smallest absolute Gasteiger partial charge is 0.214 e. The lowest BCUT2D eigenvalue weighted by Crippen LogP contribution is -2.26. The SMILES string of the molecule is COc1ccc(C(=O)C2=CN(c3ccc(OC)c(OC)c3)c3cc(F)ccc3S2(=O)=O)cc1OC. The Labute approximate surface area is 202 Å². The van der Waals surface area contributed by atoms with Crippen LogP contribution in [0, 0.1) is 5.82 Å². The first-order valence-electron chi connectivity index (χ1n) is 10.3. The van der Waals surface area contributed by atoms with Gasteiger partial charge in [0.1, 0.15) is 10.7 Å². The third-order valence-electron chi connectivity index (χ3n) is 5.52. The maximum Gasteiger partial charge on any atom is 0.214 e. The highest BCUT2D eigenvalue weighted by molar-refractivity contribution is 7.96. The number of nitrogens with zero attached hydrogens (tertiary/aromatic N) is 1. The normalized spacial score (nSPS) is 14.0. The molecule has 0 spiro atoms. The molecule has 35 heavy (non-hydrogen) atoms. The minimum absolute atomic E-state index is 0.0566. The monoisotopic (exact) mass is 499 g/mol. The lowest BCUT2D eigenvalue weighted by molar-refractivity contribution is 0.104. The third kappa shape index (κ3) is 4.17. The highest BCUT2D eigenvalue weighted by atomic mass is 32.2. The van der Waals surface area contributed by atoms with Crippen molar-refractivity contribution in [3.05, 3.63) is 77.1 Å². The Morgan fingerprint density at radius 2 is 1.37 bits per heavy atom. The Kier molecular flexibility index (Phi) is 6.40. The number of allylic oxidation sites excluding steroid dienone is 1. The maximum absolute atomic E-state index is 14.2. The number of rotatable bonds is 7. The van der Waals surface area contributed by atoms with Crippen molar-refractivity contribution in [1.82, 2.24) is 0 Å². The van der Waals surface area contributed by atoms with Gasteiger partial charge in [0.2, 0.25) is 15.6 Å². The van der Waals surface area contributed by atoms with Gasteiger partial charge in [0.15, 0.2) is 23.0 Å². The number of anilines is 2. The molecule has 4 rings (SSSR count). The molecule has 8 nitrogen and oxygen atoms in total. The van der Waals surface area contributed by atoms with Crippen molar-refractivity contribution in [1.29, 1.82) is 0 Å². The quantitative estimate of drug-likeness (QED) is 0.347. The van der Waals surface area contributed by atoms with Crippen LogP contribution in [0.5, 0.6) is 23.0 Å². The molecule has 1 heterocycles. The minimum Gasteiger partial charge on any atom is -0.493 e. The van der Waals surface area contributed by atoms with Crippen LogP contribution in [0.4, 0.5) is 15.8 Å². The van der Waals surface area contributed by atoms with E-state index in [0.717, 1.165) is 18.2 Å². The van der Waals surface area contributed by atoms with E-state index in [4.69, 9.17) is 18.9 Å². The second kappa shape index (κ2) is 9.30. The molecule has 0 unspecified atom stereocenters. The standard InChI is InChI=1S/C25H22FNO7S/c1-31-19-8-5-15(11-21(19)33-3)25(28)24-14-27(17-7-9-20(32-2)22(13-17)34-4)18-12-16(26)6-10-23(18)35(24,29)30/h5-14H,1-4H3. The van der Waals surface area contributed by atoms with Crippen LogP contribution in [0.2, 0.25) is 0 Å². The van der Waals surface area contributed by atoms with Gasteiger partial charge in [-0.1, -0.05) is 0 Å². The van der Waals surface area contributed by atoms with Gasteiger partial charge in [-0.3, -0.25) is 4.79 Å². The highest BCUT2D eigenvalue weighted by Gasteiger charge is 2.37. The van der Waals surface area contributed by atoms with Crippen molar-refractivity contribution in [3.8, 4) is 23.0 Å². The Balaban J connectivity index is 1.92. The Hall–Kier alpha value is -4.05. The number of fused-ring (bicyclic) bond motifs is 1. The number of ether oxygens (including phenoxy) is 4. The van der Waals surface area contributed by atoms with E-state index >= 15 is 0 Å². The molecule has 0 bridgehead atoms. The molecule has 10 heteroatoms. The zero-order valence-corrected chi connectivity index (χ0v) is 20.2. The summed E-state index contributed by atoms with van der Waals surface area (Å²) in [6, 6.07) is 12.5. The molecule has 0 saturated heterocycles. The first kappa shape index (κ1) is 24.1. The van der Waals surface area contributed by atoms with Crippen molar-refractivity contribution in [2.75, 3.05) is 33.3 Å². The number of benzene rings is 3. The fourth-order valence-electron chi connectivity index (χ4n) is 3.77. The molecule has 0 radical (unpaired) electrons. The average molecular weight is 500 g/mol. The number of sulfone groups is 1. The van der Waals surface area contributed by atoms with E-state index in [0.29, 0.717) is 22.9 Å². The zero-order valence-electron chi connectivity index (χ0n) is 19.4. The number of ketones is 1. The van der Waals surface area contributed by atoms with E-state index in [1.807, 2.05) is 0 Å². The Morgan fingerprint density at radius 1 is 0.771 bits per heavy atom. The van der Waals surface area contributed by atoms with Crippen LogP contribution in [-0.4, -0.2) is 42.6 Å². The summed E-state index contributed by atoms with van der Waals surface area (Å²) in [5.74, 6) is 0.0890. The number of hydrogen-bond donors (Lipinski definition) is 0. The number of carbonyl (C=O) groups excluding carboxylic acids is 1. The number of hydrogen-bond acceptors (Lipinski definition) is 8. The van der Waals surface area contributed by atoms with Crippen LogP contribution >= 0.6 is 0 Å². The fourth-order valence-corrected chi connectivity index (χ4v) is 5.29.